The molecule has 0 spiro atoms. The molecule has 0 bridgehead atoms. The second kappa shape index (κ2) is 5.47. The monoisotopic (exact) mass is 214 g/mol. The minimum absolute atomic E-state index is 0.258. The molecule has 15 heavy (non-hydrogen) atoms. The highest BCUT2D eigenvalue weighted by Crippen LogP contribution is 2.12. The molecular weight excluding hydrogens is 192 g/mol. The second-order valence-corrected chi connectivity index (χ2v) is 4.54. The lowest BCUT2D eigenvalue weighted by molar-refractivity contribution is -0.142. The summed E-state index contributed by atoms with van der Waals surface area (Å²) in [6.07, 6.45) is 1.13. The van der Waals surface area contributed by atoms with E-state index in [0.717, 1.165) is 26.1 Å². The van der Waals surface area contributed by atoms with Crippen LogP contribution in [0.25, 0.3) is 0 Å². The summed E-state index contributed by atoms with van der Waals surface area (Å²) >= 11 is 0. The molecule has 4 heteroatoms. The van der Waals surface area contributed by atoms with Gasteiger partial charge in [-0.15, -0.1) is 0 Å². The Morgan fingerprint density at radius 3 is 2.73 bits per heavy atom. The molecule has 1 fully saturated rings. The fourth-order valence-corrected chi connectivity index (χ4v) is 2.08. The Morgan fingerprint density at radius 2 is 2.20 bits per heavy atom. The molecule has 0 aromatic carbocycles. The molecule has 0 radical (unpaired) electrons. The van der Waals surface area contributed by atoms with Gasteiger partial charge in [-0.05, 0) is 13.5 Å². The zero-order valence-corrected chi connectivity index (χ0v) is 9.94. The predicted octanol–water partition coefficient (Wildman–Crippen LogP) is 0.733. The summed E-state index contributed by atoms with van der Waals surface area (Å²) in [7, 11) is 2.14. The average Bonchev–Trinajstić information content (AvgIpc) is 2.20. The summed E-state index contributed by atoms with van der Waals surface area (Å²) in [5, 5.41) is 8.85. The number of nitrogens with zero attached hydrogens (tertiary/aromatic N) is 2. The van der Waals surface area contributed by atoms with E-state index in [2.05, 4.69) is 23.8 Å². The van der Waals surface area contributed by atoms with Gasteiger partial charge in [0.25, 0.3) is 0 Å². The Bertz CT molecular complexity index is 221. The number of rotatable bonds is 4. The topological polar surface area (TPSA) is 43.8 Å². The maximum Gasteiger partial charge on any atom is 0.307 e. The molecule has 0 saturated carbocycles. The number of piperazine rings is 1. The Hall–Kier alpha value is -0.610. The number of hydrogen-bond donors (Lipinski definition) is 1. The summed E-state index contributed by atoms with van der Waals surface area (Å²) in [4.78, 5) is 15.4. The number of likely N-dealkylation sites (N-methyl/N-ethyl adjacent to an activating group) is 1. The van der Waals surface area contributed by atoms with Crippen LogP contribution in [0.2, 0.25) is 0 Å². The molecule has 0 aromatic rings. The van der Waals surface area contributed by atoms with Crippen LogP contribution >= 0.6 is 0 Å². The van der Waals surface area contributed by atoms with Gasteiger partial charge in [0.15, 0.2) is 0 Å². The van der Waals surface area contributed by atoms with Gasteiger partial charge in [-0.2, -0.15) is 0 Å². The fourth-order valence-electron chi connectivity index (χ4n) is 2.08. The van der Waals surface area contributed by atoms with Crippen molar-refractivity contribution in [3.8, 4) is 0 Å². The minimum atomic E-state index is -0.693. The molecule has 4 nitrogen and oxygen atoms in total. The number of carboxylic acid groups (broad SMARTS) is 1. The van der Waals surface area contributed by atoms with Crippen molar-refractivity contribution < 1.29 is 9.90 Å². The van der Waals surface area contributed by atoms with Gasteiger partial charge in [0.2, 0.25) is 0 Å². The van der Waals surface area contributed by atoms with Gasteiger partial charge in [-0.25, -0.2) is 0 Å². The number of hydrogen-bond acceptors (Lipinski definition) is 3. The number of carboxylic acids is 1. The van der Waals surface area contributed by atoms with Crippen LogP contribution in [-0.2, 0) is 4.79 Å². The third kappa shape index (κ3) is 3.47. The van der Waals surface area contributed by atoms with Crippen molar-refractivity contribution in [2.75, 3.05) is 33.2 Å². The lowest BCUT2D eigenvalue weighted by Gasteiger charge is -2.39. The first-order chi connectivity index (χ1) is 7.04. The zero-order valence-electron chi connectivity index (χ0n) is 9.94. The van der Waals surface area contributed by atoms with Crippen LogP contribution in [-0.4, -0.2) is 60.1 Å². The van der Waals surface area contributed by atoms with E-state index in [4.69, 9.17) is 5.11 Å². The van der Waals surface area contributed by atoms with Gasteiger partial charge in [0, 0.05) is 32.2 Å². The van der Waals surface area contributed by atoms with Crippen LogP contribution in [0.1, 0.15) is 20.3 Å². The first kappa shape index (κ1) is 12.5. The summed E-state index contributed by atoms with van der Waals surface area (Å²) in [5.41, 5.74) is 0. The standard InChI is InChI=1S/C11H22N2O2/c1-4-10-8-13(6-5-12(10)3)7-9(2)11(14)15/h9-10H,4-8H2,1-3H3,(H,14,15). The van der Waals surface area contributed by atoms with Gasteiger partial charge in [0.05, 0.1) is 5.92 Å². The van der Waals surface area contributed by atoms with E-state index in [9.17, 15) is 4.79 Å². The number of aliphatic carboxylic acids is 1. The molecule has 2 atom stereocenters. The largest absolute Gasteiger partial charge is 0.481 e. The third-order valence-electron chi connectivity index (χ3n) is 3.29. The van der Waals surface area contributed by atoms with Crippen molar-refractivity contribution in [2.45, 2.75) is 26.3 Å². The minimum Gasteiger partial charge on any atom is -0.481 e. The SMILES string of the molecule is CCC1CN(CC(C)C(=O)O)CCN1C. The van der Waals surface area contributed by atoms with Gasteiger partial charge in [0.1, 0.15) is 0 Å². The van der Waals surface area contributed by atoms with Gasteiger partial charge in [-0.3, -0.25) is 9.69 Å². The summed E-state index contributed by atoms with van der Waals surface area (Å²) in [6.45, 7) is 7.69. The van der Waals surface area contributed by atoms with Gasteiger partial charge >= 0.3 is 5.97 Å². The quantitative estimate of drug-likeness (QED) is 0.749. The fraction of sp³-hybridized carbons (Fsp3) is 0.909. The normalized spacial score (nSPS) is 26.5. The van der Waals surface area contributed by atoms with Crippen molar-refractivity contribution in [1.82, 2.24) is 9.80 Å². The molecule has 1 heterocycles. The lowest BCUT2D eigenvalue weighted by atomic mass is 10.1. The van der Waals surface area contributed by atoms with E-state index in [1.165, 1.54) is 0 Å². The van der Waals surface area contributed by atoms with Crippen molar-refractivity contribution in [2.24, 2.45) is 5.92 Å². The van der Waals surface area contributed by atoms with Gasteiger partial charge in [-0.1, -0.05) is 13.8 Å². The van der Waals surface area contributed by atoms with E-state index in [-0.39, 0.29) is 5.92 Å². The lowest BCUT2D eigenvalue weighted by Crippen LogP contribution is -2.52. The van der Waals surface area contributed by atoms with E-state index in [1.807, 2.05) is 0 Å². The van der Waals surface area contributed by atoms with Gasteiger partial charge < -0.3 is 10.0 Å². The van der Waals surface area contributed by atoms with Crippen LogP contribution in [0.4, 0.5) is 0 Å². The molecule has 88 valence electrons. The van der Waals surface area contributed by atoms with Crippen LogP contribution < -0.4 is 0 Å². The molecule has 1 aliphatic rings. The van der Waals surface area contributed by atoms with E-state index in [0.29, 0.717) is 12.6 Å². The van der Waals surface area contributed by atoms with E-state index < -0.39 is 5.97 Å². The van der Waals surface area contributed by atoms with E-state index >= 15 is 0 Å². The van der Waals surface area contributed by atoms with Crippen LogP contribution in [0, 0.1) is 5.92 Å². The van der Waals surface area contributed by atoms with Crippen molar-refractivity contribution in [1.29, 1.82) is 0 Å². The highest BCUT2D eigenvalue weighted by atomic mass is 16.4. The molecule has 0 amide bonds. The van der Waals surface area contributed by atoms with Crippen molar-refractivity contribution in [3.05, 3.63) is 0 Å². The zero-order chi connectivity index (χ0) is 11.4. The smallest absolute Gasteiger partial charge is 0.307 e. The molecular formula is C11H22N2O2. The number of carbonyl (C=O) groups is 1. The molecule has 1 saturated heterocycles. The molecule has 1 rings (SSSR count). The first-order valence-electron chi connectivity index (χ1n) is 5.70. The van der Waals surface area contributed by atoms with Crippen molar-refractivity contribution in [3.63, 3.8) is 0 Å². The summed E-state index contributed by atoms with van der Waals surface area (Å²) in [5.74, 6) is -0.951. The Kier molecular flexibility index (Phi) is 4.54. The molecule has 0 aromatic heterocycles. The van der Waals surface area contributed by atoms with Crippen molar-refractivity contribution >= 4 is 5.97 Å². The highest BCUT2D eigenvalue weighted by molar-refractivity contribution is 5.69. The maximum atomic E-state index is 10.8. The molecule has 2 unspecified atom stereocenters. The molecule has 0 aliphatic carbocycles. The van der Waals surface area contributed by atoms with Crippen LogP contribution in [0.15, 0.2) is 0 Å². The van der Waals surface area contributed by atoms with Crippen LogP contribution in [0.5, 0.6) is 0 Å². The predicted molar refractivity (Wildman–Crippen MR) is 59.9 cm³/mol. The Labute approximate surface area is 91.9 Å². The highest BCUT2D eigenvalue weighted by Gasteiger charge is 2.25. The Morgan fingerprint density at radius 1 is 1.53 bits per heavy atom. The third-order valence-corrected chi connectivity index (χ3v) is 3.29. The summed E-state index contributed by atoms with van der Waals surface area (Å²) in [6, 6.07) is 0.583. The second-order valence-electron chi connectivity index (χ2n) is 4.54. The first-order valence-corrected chi connectivity index (χ1v) is 5.70. The summed E-state index contributed by atoms with van der Waals surface area (Å²) < 4.78 is 0. The average molecular weight is 214 g/mol. The van der Waals surface area contributed by atoms with Crippen LogP contribution in [0.3, 0.4) is 0 Å². The Balaban J connectivity index is 2.41. The molecule has 1 N–H and O–H groups in total. The maximum absolute atomic E-state index is 10.8. The molecule has 1 aliphatic heterocycles. The van der Waals surface area contributed by atoms with E-state index in [1.54, 1.807) is 6.92 Å².